The maximum atomic E-state index is 6.33. The molecule has 1 aromatic carbocycles. The van der Waals surface area contributed by atoms with Crippen molar-refractivity contribution in [1.29, 1.82) is 0 Å². The van der Waals surface area contributed by atoms with E-state index in [1.165, 1.54) is 5.56 Å². The summed E-state index contributed by atoms with van der Waals surface area (Å²) in [6.45, 7) is 8.74. The highest BCUT2D eigenvalue weighted by Crippen LogP contribution is 2.30. The third-order valence-corrected chi connectivity index (χ3v) is 3.77. The van der Waals surface area contributed by atoms with Crippen LogP contribution in [0.5, 0.6) is 0 Å². The number of guanidine groups is 1. The van der Waals surface area contributed by atoms with Gasteiger partial charge in [-0.25, -0.2) is 9.98 Å². The molecule has 4 nitrogen and oxygen atoms in total. The van der Waals surface area contributed by atoms with Crippen LogP contribution < -0.4 is 4.90 Å². The highest BCUT2D eigenvalue weighted by Gasteiger charge is 2.17. The summed E-state index contributed by atoms with van der Waals surface area (Å²) in [6, 6.07) is 5.99. The molecule has 0 aliphatic carbocycles. The lowest BCUT2D eigenvalue weighted by Crippen LogP contribution is -2.36. The Morgan fingerprint density at radius 1 is 1.25 bits per heavy atom. The van der Waals surface area contributed by atoms with Crippen LogP contribution in [0.15, 0.2) is 28.2 Å². The Morgan fingerprint density at radius 3 is 2.55 bits per heavy atom. The van der Waals surface area contributed by atoms with Crippen LogP contribution in [0.3, 0.4) is 0 Å². The molecule has 1 aliphatic heterocycles. The summed E-state index contributed by atoms with van der Waals surface area (Å²) < 4.78 is 0. The number of aryl methyl sites for hydroxylation is 1. The number of anilines is 1. The summed E-state index contributed by atoms with van der Waals surface area (Å²) in [4.78, 5) is 13.2. The number of para-hydroxylation sites is 1. The van der Waals surface area contributed by atoms with E-state index in [0.29, 0.717) is 6.67 Å². The third kappa shape index (κ3) is 2.96. The Labute approximate surface area is 125 Å². The fourth-order valence-corrected chi connectivity index (χ4v) is 2.62. The van der Waals surface area contributed by atoms with Crippen molar-refractivity contribution in [2.24, 2.45) is 9.98 Å². The van der Waals surface area contributed by atoms with Gasteiger partial charge in [-0.15, -0.1) is 0 Å². The van der Waals surface area contributed by atoms with Gasteiger partial charge in [0.2, 0.25) is 5.96 Å². The van der Waals surface area contributed by atoms with Gasteiger partial charge < -0.3 is 9.80 Å². The number of nitrogens with zero attached hydrogens (tertiary/aromatic N) is 4. The van der Waals surface area contributed by atoms with Gasteiger partial charge in [0.05, 0.1) is 10.7 Å². The minimum Gasteiger partial charge on any atom is -0.342 e. The van der Waals surface area contributed by atoms with Crippen molar-refractivity contribution in [2.45, 2.75) is 27.2 Å². The van der Waals surface area contributed by atoms with E-state index in [9.17, 15) is 0 Å². The van der Waals surface area contributed by atoms with Gasteiger partial charge in [-0.3, -0.25) is 0 Å². The molecule has 1 aliphatic rings. The standard InChI is InChI=1S/C15H21ClN4/c1-4-12-8-7-9-13(16)14(12)20-10-17-15(18-11-20)19(5-2)6-3/h7-10H,4-6,11H2,1-3H3. The van der Waals surface area contributed by atoms with E-state index in [0.717, 1.165) is 36.2 Å². The smallest absolute Gasteiger partial charge is 0.223 e. The van der Waals surface area contributed by atoms with E-state index in [1.807, 2.05) is 23.4 Å². The van der Waals surface area contributed by atoms with E-state index in [2.05, 4.69) is 41.7 Å². The third-order valence-electron chi connectivity index (χ3n) is 3.46. The number of halogens is 1. The molecule has 0 unspecified atom stereocenters. The molecule has 1 aromatic rings. The molecule has 0 N–H and O–H groups in total. The molecular weight excluding hydrogens is 272 g/mol. The quantitative estimate of drug-likeness (QED) is 0.851. The summed E-state index contributed by atoms with van der Waals surface area (Å²) in [5.74, 6) is 0.802. The number of benzene rings is 1. The topological polar surface area (TPSA) is 31.2 Å². The number of rotatable bonds is 4. The van der Waals surface area contributed by atoms with E-state index in [4.69, 9.17) is 11.6 Å². The molecule has 20 heavy (non-hydrogen) atoms. The molecule has 0 aromatic heterocycles. The number of hydrogen-bond donors (Lipinski definition) is 0. The SMILES string of the molecule is CCc1cccc(Cl)c1N1C=NC(N(CC)CC)=NC1. The van der Waals surface area contributed by atoms with Crippen LogP contribution in [0, 0.1) is 0 Å². The van der Waals surface area contributed by atoms with Gasteiger partial charge in [0.1, 0.15) is 13.0 Å². The fraction of sp³-hybridized carbons (Fsp3) is 0.467. The van der Waals surface area contributed by atoms with Gasteiger partial charge >= 0.3 is 0 Å². The average molecular weight is 293 g/mol. The Hall–Kier alpha value is -1.55. The van der Waals surface area contributed by atoms with Gasteiger partial charge in [0.15, 0.2) is 0 Å². The van der Waals surface area contributed by atoms with Crippen LogP contribution in [0.1, 0.15) is 26.3 Å². The molecule has 0 bridgehead atoms. The Morgan fingerprint density at radius 2 is 2.00 bits per heavy atom. The van der Waals surface area contributed by atoms with Crippen LogP contribution in [0.4, 0.5) is 5.69 Å². The zero-order valence-electron chi connectivity index (χ0n) is 12.3. The molecule has 0 spiro atoms. The predicted octanol–water partition coefficient (Wildman–Crippen LogP) is 3.41. The van der Waals surface area contributed by atoms with Crippen molar-refractivity contribution < 1.29 is 0 Å². The molecule has 1 heterocycles. The summed E-state index contributed by atoms with van der Waals surface area (Å²) in [5.41, 5.74) is 2.23. The average Bonchev–Trinajstić information content (AvgIpc) is 2.49. The maximum Gasteiger partial charge on any atom is 0.223 e. The first-order valence-corrected chi connectivity index (χ1v) is 7.46. The highest BCUT2D eigenvalue weighted by molar-refractivity contribution is 6.33. The summed E-state index contributed by atoms with van der Waals surface area (Å²) >= 11 is 6.33. The van der Waals surface area contributed by atoms with Crippen molar-refractivity contribution in [1.82, 2.24) is 4.90 Å². The second-order valence-electron chi connectivity index (χ2n) is 4.59. The Balaban J connectivity index is 2.22. The first kappa shape index (κ1) is 14.9. The fourth-order valence-electron chi connectivity index (χ4n) is 2.32. The number of aliphatic imine (C=N–C) groups is 2. The van der Waals surface area contributed by atoms with Crippen LogP contribution in [0.2, 0.25) is 5.02 Å². The summed E-state index contributed by atoms with van der Waals surface area (Å²) in [5, 5.41) is 0.747. The van der Waals surface area contributed by atoms with Gasteiger partial charge in [-0.1, -0.05) is 30.7 Å². The molecule has 0 saturated heterocycles. The Kier molecular flexibility index (Phi) is 5.01. The van der Waals surface area contributed by atoms with Crippen molar-refractivity contribution in [3.63, 3.8) is 0 Å². The first-order chi connectivity index (χ1) is 9.71. The Bertz CT molecular complexity index is 521. The molecule has 0 fully saturated rings. The largest absolute Gasteiger partial charge is 0.342 e. The van der Waals surface area contributed by atoms with Gasteiger partial charge in [0, 0.05) is 13.1 Å². The summed E-state index contributed by atoms with van der Waals surface area (Å²) in [6.07, 6.45) is 2.77. The van der Waals surface area contributed by atoms with E-state index < -0.39 is 0 Å². The van der Waals surface area contributed by atoms with Crippen molar-refractivity contribution in [2.75, 3.05) is 24.7 Å². The van der Waals surface area contributed by atoms with Crippen LogP contribution in [0.25, 0.3) is 0 Å². The van der Waals surface area contributed by atoms with E-state index in [-0.39, 0.29) is 0 Å². The molecule has 5 heteroatoms. The predicted molar refractivity (Wildman–Crippen MR) is 87.0 cm³/mol. The molecule has 0 atom stereocenters. The molecular formula is C15H21ClN4. The minimum absolute atomic E-state index is 0.562. The molecule has 108 valence electrons. The van der Waals surface area contributed by atoms with Gasteiger partial charge in [0.25, 0.3) is 0 Å². The molecule has 0 radical (unpaired) electrons. The minimum atomic E-state index is 0.562. The molecule has 0 saturated carbocycles. The normalized spacial score (nSPS) is 14.4. The van der Waals surface area contributed by atoms with Crippen molar-refractivity contribution >= 4 is 29.6 Å². The van der Waals surface area contributed by atoms with Crippen LogP contribution in [-0.4, -0.2) is 37.0 Å². The van der Waals surface area contributed by atoms with Gasteiger partial charge in [-0.05, 0) is 31.9 Å². The second-order valence-corrected chi connectivity index (χ2v) is 4.99. The van der Waals surface area contributed by atoms with Crippen LogP contribution in [-0.2, 0) is 6.42 Å². The van der Waals surface area contributed by atoms with E-state index in [1.54, 1.807) is 0 Å². The number of hydrogen-bond acceptors (Lipinski definition) is 4. The lowest BCUT2D eigenvalue weighted by molar-refractivity contribution is 0.458. The van der Waals surface area contributed by atoms with Crippen LogP contribution >= 0.6 is 11.6 Å². The first-order valence-electron chi connectivity index (χ1n) is 7.08. The van der Waals surface area contributed by atoms with Crippen molar-refractivity contribution in [3.05, 3.63) is 28.8 Å². The maximum absolute atomic E-state index is 6.33. The molecule has 2 rings (SSSR count). The van der Waals surface area contributed by atoms with E-state index >= 15 is 0 Å². The lowest BCUT2D eigenvalue weighted by atomic mass is 10.1. The van der Waals surface area contributed by atoms with Crippen molar-refractivity contribution in [3.8, 4) is 0 Å². The highest BCUT2D eigenvalue weighted by atomic mass is 35.5. The lowest BCUT2D eigenvalue weighted by Gasteiger charge is -2.27. The van der Waals surface area contributed by atoms with Gasteiger partial charge in [-0.2, -0.15) is 0 Å². The summed E-state index contributed by atoms with van der Waals surface area (Å²) in [7, 11) is 0. The zero-order chi connectivity index (χ0) is 14.5. The zero-order valence-corrected chi connectivity index (χ0v) is 13.1. The molecule has 0 amide bonds. The second kappa shape index (κ2) is 6.75. The monoisotopic (exact) mass is 292 g/mol.